The highest BCUT2D eigenvalue weighted by molar-refractivity contribution is 7.95. The van der Waals surface area contributed by atoms with Crippen molar-refractivity contribution in [2.75, 3.05) is 6.61 Å². The maximum Gasteiger partial charge on any atom is 0.206 e. The number of rotatable bonds is 4. The van der Waals surface area contributed by atoms with Crippen molar-refractivity contribution in [3.05, 3.63) is 64.3 Å². The van der Waals surface area contributed by atoms with Crippen molar-refractivity contribution < 1.29 is 17.5 Å². The van der Waals surface area contributed by atoms with Crippen LogP contribution in [0.4, 0.5) is 4.39 Å². The van der Waals surface area contributed by atoms with E-state index in [-0.39, 0.29) is 28.7 Å². The molecule has 0 atom stereocenters. The molecule has 2 N–H and O–H groups in total. The van der Waals surface area contributed by atoms with E-state index in [1.54, 1.807) is 24.3 Å². The van der Waals surface area contributed by atoms with Crippen molar-refractivity contribution in [1.82, 2.24) is 0 Å². The van der Waals surface area contributed by atoms with E-state index in [1.807, 2.05) is 0 Å². The van der Waals surface area contributed by atoms with Gasteiger partial charge in [-0.05, 0) is 35.4 Å². The van der Waals surface area contributed by atoms with Gasteiger partial charge in [-0.15, -0.1) is 0 Å². The second kappa shape index (κ2) is 5.55. The van der Waals surface area contributed by atoms with E-state index in [4.69, 9.17) is 10.5 Å². The number of hydrogen-bond acceptors (Lipinski definition) is 4. The van der Waals surface area contributed by atoms with E-state index >= 15 is 0 Å². The quantitative estimate of drug-likeness (QED) is 0.940. The molecule has 114 valence electrons. The van der Waals surface area contributed by atoms with Crippen molar-refractivity contribution in [1.29, 1.82) is 0 Å². The van der Waals surface area contributed by atoms with Crippen LogP contribution in [0.25, 0.3) is 6.08 Å². The first-order valence-electron chi connectivity index (χ1n) is 6.69. The molecule has 0 aliphatic carbocycles. The van der Waals surface area contributed by atoms with Crippen molar-refractivity contribution in [3.8, 4) is 5.75 Å². The zero-order valence-corrected chi connectivity index (χ0v) is 12.4. The lowest BCUT2D eigenvalue weighted by Crippen LogP contribution is -2.09. The molecule has 0 amide bonds. The molecule has 0 radical (unpaired) electrons. The fourth-order valence-electron chi connectivity index (χ4n) is 2.38. The van der Waals surface area contributed by atoms with Gasteiger partial charge in [-0.1, -0.05) is 24.3 Å². The average molecular weight is 319 g/mol. The Labute approximate surface area is 127 Å². The Hall–Kier alpha value is -2.18. The van der Waals surface area contributed by atoms with Crippen LogP contribution in [0.15, 0.2) is 52.3 Å². The summed E-state index contributed by atoms with van der Waals surface area (Å²) in [7, 11) is -3.60. The van der Waals surface area contributed by atoms with Gasteiger partial charge in [0.25, 0.3) is 0 Å². The zero-order valence-electron chi connectivity index (χ0n) is 11.6. The normalized spacial score (nSPS) is 15.3. The van der Waals surface area contributed by atoms with E-state index < -0.39 is 15.7 Å². The van der Waals surface area contributed by atoms with E-state index in [0.29, 0.717) is 5.56 Å². The molecule has 22 heavy (non-hydrogen) atoms. The molecule has 2 aromatic carbocycles. The maximum absolute atomic E-state index is 13.5. The topological polar surface area (TPSA) is 69.4 Å². The van der Waals surface area contributed by atoms with Crippen molar-refractivity contribution >= 4 is 15.9 Å². The lowest BCUT2D eigenvalue weighted by Gasteiger charge is -2.08. The predicted molar refractivity (Wildman–Crippen MR) is 81.4 cm³/mol. The van der Waals surface area contributed by atoms with E-state index in [1.165, 1.54) is 24.3 Å². The Morgan fingerprint density at radius 3 is 2.59 bits per heavy atom. The van der Waals surface area contributed by atoms with Gasteiger partial charge in [-0.2, -0.15) is 0 Å². The maximum atomic E-state index is 13.5. The Bertz CT molecular complexity index is 859. The summed E-state index contributed by atoms with van der Waals surface area (Å²) in [6, 6.07) is 10.9. The van der Waals surface area contributed by atoms with Crippen molar-refractivity contribution in [3.63, 3.8) is 0 Å². The highest BCUT2D eigenvalue weighted by atomic mass is 32.2. The van der Waals surface area contributed by atoms with Crippen LogP contribution in [0.1, 0.15) is 11.1 Å². The van der Waals surface area contributed by atoms with E-state index in [0.717, 1.165) is 5.56 Å². The van der Waals surface area contributed by atoms with Gasteiger partial charge in [0.1, 0.15) is 6.61 Å². The van der Waals surface area contributed by atoms with Gasteiger partial charge in [0.05, 0.1) is 9.80 Å². The van der Waals surface area contributed by atoms with Crippen LogP contribution >= 0.6 is 0 Å². The molecule has 2 aromatic rings. The van der Waals surface area contributed by atoms with E-state index in [9.17, 15) is 12.8 Å². The smallest absolute Gasteiger partial charge is 0.206 e. The molecule has 6 heteroatoms. The van der Waals surface area contributed by atoms with Gasteiger partial charge < -0.3 is 10.5 Å². The lowest BCUT2D eigenvalue weighted by molar-refractivity contribution is 0.338. The number of nitrogens with two attached hydrogens (primary N) is 1. The summed E-state index contributed by atoms with van der Waals surface area (Å²) < 4.78 is 43.8. The summed E-state index contributed by atoms with van der Waals surface area (Å²) >= 11 is 0. The molecule has 1 aliphatic rings. The van der Waals surface area contributed by atoms with E-state index in [2.05, 4.69) is 0 Å². The minimum absolute atomic E-state index is 0.0219. The fourth-order valence-corrected chi connectivity index (χ4v) is 3.88. The zero-order chi connectivity index (χ0) is 15.7. The number of para-hydroxylation sites is 1. The van der Waals surface area contributed by atoms with Gasteiger partial charge in [-0.3, -0.25) is 0 Å². The molecule has 0 saturated carbocycles. The Morgan fingerprint density at radius 2 is 1.86 bits per heavy atom. The lowest BCUT2D eigenvalue weighted by atomic mass is 10.1. The Morgan fingerprint density at radius 1 is 1.09 bits per heavy atom. The van der Waals surface area contributed by atoms with Gasteiger partial charge in [-0.25, -0.2) is 12.8 Å². The molecule has 3 rings (SSSR count). The first kappa shape index (κ1) is 14.7. The van der Waals surface area contributed by atoms with Crippen LogP contribution < -0.4 is 10.5 Å². The first-order valence-corrected chi connectivity index (χ1v) is 8.17. The SMILES string of the molecule is NCc1cccc2c1C=C(COc1ccccc1F)S2(=O)=O. The molecule has 1 aliphatic heterocycles. The standard InChI is InChI=1S/C16H14FNO3S/c17-14-5-1-2-6-15(14)21-10-12-8-13-11(9-18)4-3-7-16(13)22(12,19)20/h1-8H,9-10,18H2. The molecule has 0 spiro atoms. The van der Waals surface area contributed by atoms with Gasteiger partial charge >= 0.3 is 0 Å². The molecule has 0 unspecified atom stereocenters. The average Bonchev–Trinajstić information content (AvgIpc) is 2.77. The van der Waals surface area contributed by atoms with Crippen molar-refractivity contribution in [2.24, 2.45) is 5.73 Å². The van der Waals surface area contributed by atoms with Gasteiger partial charge in [0.15, 0.2) is 11.6 Å². The number of halogens is 1. The van der Waals surface area contributed by atoms with Crippen LogP contribution in [0.2, 0.25) is 0 Å². The molecule has 1 heterocycles. The number of sulfone groups is 1. The monoisotopic (exact) mass is 319 g/mol. The third-order valence-corrected chi connectivity index (χ3v) is 5.38. The molecular weight excluding hydrogens is 305 g/mol. The summed E-state index contributed by atoms with van der Waals surface area (Å²) in [6.45, 7) is 0.0264. The summed E-state index contributed by atoms with van der Waals surface area (Å²) in [4.78, 5) is 0.328. The minimum Gasteiger partial charge on any atom is -0.485 e. The van der Waals surface area contributed by atoms with Crippen LogP contribution in [0, 0.1) is 5.82 Å². The van der Waals surface area contributed by atoms with Crippen LogP contribution in [-0.2, 0) is 16.4 Å². The summed E-state index contributed by atoms with van der Waals surface area (Å²) in [5.74, 6) is -0.507. The summed E-state index contributed by atoms with van der Waals surface area (Å²) in [6.07, 6.45) is 1.55. The number of ether oxygens (including phenoxy) is 1. The number of fused-ring (bicyclic) bond motifs is 1. The molecular formula is C16H14FNO3S. The first-order chi connectivity index (χ1) is 10.5. The van der Waals surface area contributed by atoms with Gasteiger partial charge in [0.2, 0.25) is 9.84 Å². The molecule has 0 aromatic heterocycles. The molecule has 0 saturated heterocycles. The number of hydrogen-bond donors (Lipinski definition) is 1. The Kier molecular flexibility index (Phi) is 3.72. The minimum atomic E-state index is -3.60. The third kappa shape index (κ3) is 2.40. The second-order valence-corrected chi connectivity index (χ2v) is 6.84. The highest BCUT2D eigenvalue weighted by Crippen LogP contribution is 2.35. The van der Waals surface area contributed by atoms with Crippen LogP contribution in [-0.4, -0.2) is 15.0 Å². The summed E-state index contributed by atoms with van der Waals surface area (Å²) in [5.41, 5.74) is 6.98. The molecule has 0 bridgehead atoms. The predicted octanol–water partition coefficient (Wildman–Crippen LogP) is 2.49. The second-order valence-electron chi connectivity index (χ2n) is 4.87. The molecule has 0 fully saturated rings. The largest absolute Gasteiger partial charge is 0.485 e. The summed E-state index contributed by atoms with van der Waals surface area (Å²) in [5, 5.41) is 0. The van der Waals surface area contributed by atoms with Crippen molar-refractivity contribution in [2.45, 2.75) is 11.4 Å². The van der Waals surface area contributed by atoms with Crippen LogP contribution in [0.5, 0.6) is 5.75 Å². The highest BCUT2D eigenvalue weighted by Gasteiger charge is 2.31. The third-order valence-electron chi connectivity index (χ3n) is 3.52. The molecule has 4 nitrogen and oxygen atoms in total. The Balaban J connectivity index is 1.91. The fraction of sp³-hybridized carbons (Fsp3) is 0.125. The van der Waals surface area contributed by atoms with Gasteiger partial charge in [0, 0.05) is 6.54 Å². The van der Waals surface area contributed by atoms with Crippen LogP contribution in [0.3, 0.4) is 0 Å². The number of benzene rings is 2.